The van der Waals surface area contributed by atoms with Gasteiger partial charge in [0.2, 0.25) is 5.56 Å². The van der Waals surface area contributed by atoms with Crippen molar-refractivity contribution >= 4 is 58.9 Å². The van der Waals surface area contributed by atoms with E-state index >= 15 is 0 Å². The van der Waals surface area contributed by atoms with Gasteiger partial charge in [-0.05, 0) is 128 Å². The molecule has 0 unspecified atom stereocenters. The van der Waals surface area contributed by atoms with E-state index in [4.69, 9.17) is 4.43 Å². The second-order valence-corrected chi connectivity index (χ2v) is 24.1. The Morgan fingerprint density at radius 3 is 2.39 bits per heavy atom. The minimum absolute atomic E-state index is 0.0135. The SMILES string of the molecule is CN(CCCn1nnc2cc(CNC[C@H](O[Si](C)(C)C(C)(C)C)c3ccc(O)c4[nH]c(=O)ccc34)ccc21)C1CCC(C(C(=O)OO)(c2cccs2)c2cccs2)CC1. The van der Waals surface area contributed by atoms with Gasteiger partial charge in [-0.15, -0.1) is 27.8 Å². The highest BCUT2D eigenvalue weighted by Crippen LogP contribution is 2.50. The van der Waals surface area contributed by atoms with Crippen molar-refractivity contribution in [3.05, 3.63) is 109 Å². The van der Waals surface area contributed by atoms with Gasteiger partial charge in [-0.25, -0.2) is 9.48 Å². The molecule has 0 saturated heterocycles. The van der Waals surface area contributed by atoms with Crippen LogP contribution in [0.1, 0.15) is 79.9 Å². The van der Waals surface area contributed by atoms with Crippen molar-refractivity contribution < 1.29 is 24.5 Å². The van der Waals surface area contributed by atoms with Crippen molar-refractivity contribution in [3.8, 4) is 5.75 Å². The highest BCUT2D eigenvalue weighted by molar-refractivity contribution is 7.12. The van der Waals surface area contributed by atoms with Crippen LogP contribution >= 0.6 is 22.7 Å². The van der Waals surface area contributed by atoms with Gasteiger partial charge in [-0.3, -0.25) is 9.68 Å². The molecular formula is C44H56N6O6S2Si. The number of nitrogens with one attached hydrogen (secondary N) is 2. The number of phenols is 1. The van der Waals surface area contributed by atoms with Gasteiger partial charge in [0.1, 0.15) is 16.7 Å². The first kappa shape index (κ1) is 42.9. The van der Waals surface area contributed by atoms with Gasteiger partial charge in [0, 0.05) is 46.9 Å². The summed E-state index contributed by atoms with van der Waals surface area (Å²) in [5.74, 6) is -0.539. The monoisotopic (exact) mass is 856 g/mol. The number of carbonyl (C=O) groups is 1. The molecular weight excluding hydrogens is 801 g/mol. The molecule has 4 N–H and O–H groups in total. The van der Waals surface area contributed by atoms with Crippen LogP contribution in [0, 0.1) is 5.92 Å². The van der Waals surface area contributed by atoms with Crippen LogP contribution in [0.15, 0.2) is 82.3 Å². The summed E-state index contributed by atoms with van der Waals surface area (Å²) in [4.78, 5) is 37.2. The van der Waals surface area contributed by atoms with Gasteiger partial charge in [-0.2, -0.15) is 5.26 Å². The van der Waals surface area contributed by atoms with E-state index in [1.807, 2.05) is 45.8 Å². The molecule has 6 aromatic rings. The summed E-state index contributed by atoms with van der Waals surface area (Å²) < 4.78 is 8.96. The average molecular weight is 857 g/mol. The molecule has 1 saturated carbocycles. The van der Waals surface area contributed by atoms with E-state index in [9.17, 15) is 20.0 Å². The predicted molar refractivity (Wildman–Crippen MR) is 238 cm³/mol. The minimum Gasteiger partial charge on any atom is -0.506 e. The van der Waals surface area contributed by atoms with Crippen LogP contribution < -0.4 is 10.9 Å². The fourth-order valence-electron chi connectivity index (χ4n) is 8.50. The van der Waals surface area contributed by atoms with E-state index in [-0.39, 0.29) is 28.4 Å². The van der Waals surface area contributed by atoms with Crippen LogP contribution in [0.3, 0.4) is 0 Å². The van der Waals surface area contributed by atoms with E-state index < -0.39 is 19.7 Å². The van der Waals surface area contributed by atoms with Crippen LogP contribution in [0.5, 0.6) is 5.75 Å². The summed E-state index contributed by atoms with van der Waals surface area (Å²) in [7, 11) is -0.0240. The Labute approximate surface area is 354 Å². The van der Waals surface area contributed by atoms with Crippen molar-refractivity contribution in [3.63, 3.8) is 0 Å². The lowest BCUT2D eigenvalue weighted by atomic mass is 9.66. The third kappa shape index (κ3) is 8.83. The van der Waals surface area contributed by atoms with Gasteiger partial charge in [0.25, 0.3) is 0 Å². The molecule has 1 atom stereocenters. The first-order valence-corrected chi connectivity index (χ1v) is 25.1. The van der Waals surface area contributed by atoms with Gasteiger partial charge >= 0.3 is 5.97 Å². The van der Waals surface area contributed by atoms with Crippen LogP contribution in [-0.4, -0.2) is 75.7 Å². The molecule has 15 heteroatoms. The standard InChI is InChI=1S/C44H56N6O6S2Si/c1-43(2,3)59(5,6)56-37(32-17-20-36(51)41-33(32)18-21-40(52)46-41)28-45-27-29-12-19-35-34(26-29)47-48-50(35)23-9-22-49(4)31-15-13-30(14-16-31)44(42(53)55-54,38-10-7-24-57-38)39-11-8-25-58-39/h7-8,10-12,17-21,24-26,30-31,37,45,51,54H,9,13-16,22-23,27-28H2,1-6H3,(H,46,52)/t30?,31?,37-/m0/s1. The number of aryl methyl sites for hydroxylation is 1. The number of fused-ring (bicyclic) bond motifs is 2. The van der Waals surface area contributed by atoms with E-state index in [2.05, 4.69) is 89.5 Å². The fourth-order valence-corrected chi connectivity index (χ4v) is 11.9. The molecule has 59 heavy (non-hydrogen) atoms. The number of aromatic amines is 1. The number of rotatable bonds is 16. The van der Waals surface area contributed by atoms with E-state index in [1.54, 1.807) is 12.1 Å². The molecule has 1 aliphatic carbocycles. The van der Waals surface area contributed by atoms with Crippen LogP contribution in [0.25, 0.3) is 21.9 Å². The number of nitrogens with zero attached hydrogens (tertiary/aromatic N) is 4. The van der Waals surface area contributed by atoms with E-state index in [0.717, 1.165) is 82.5 Å². The Kier molecular flexibility index (Phi) is 12.9. The number of aromatic nitrogens is 4. The smallest absolute Gasteiger partial charge is 0.358 e. The molecule has 1 fully saturated rings. The molecule has 0 bridgehead atoms. The summed E-state index contributed by atoms with van der Waals surface area (Å²) in [5, 5.41) is 37.6. The van der Waals surface area contributed by atoms with Gasteiger partial charge in [0.15, 0.2) is 8.32 Å². The quantitative estimate of drug-likeness (QED) is 0.0422. The molecule has 0 aliphatic heterocycles. The van der Waals surface area contributed by atoms with Gasteiger partial charge in [0.05, 0.1) is 17.1 Å². The molecule has 0 radical (unpaired) electrons. The number of carbonyl (C=O) groups excluding carboxylic acids is 1. The first-order chi connectivity index (χ1) is 28.2. The summed E-state index contributed by atoms with van der Waals surface area (Å²) in [6.45, 7) is 13.9. The lowest BCUT2D eigenvalue weighted by molar-refractivity contribution is -0.241. The lowest BCUT2D eigenvalue weighted by Crippen LogP contribution is -2.47. The molecule has 0 spiro atoms. The number of hydrogen-bond acceptors (Lipinski definition) is 12. The largest absolute Gasteiger partial charge is 0.506 e. The van der Waals surface area contributed by atoms with Crippen LogP contribution in [-0.2, 0) is 32.6 Å². The molecule has 1 aliphatic rings. The number of pyridine rings is 1. The first-order valence-electron chi connectivity index (χ1n) is 20.4. The van der Waals surface area contributed by atoms with E-state index in [0.29, 0.717) is 24.6 Å². The third-order valence-electron chi connectivity index (χ3n) is 12.8. The number of aromatic hydroxyl groups is 1. The van der Waals surface area contributed by atoms with Crippen molar-refractivity contribution in [2.75, 3.05) is 20.1 Å². The Hall–Kier alpha value is -4.22. The molecule has 314 valence electrons. The van der Waals surface area contributed by atoms with Gasteiger partial charge < -0.3 is 24.7 Å². The Bertz CT molecular complexity index is 2370. The molecule has 0 amide bonds. The molecule has 2 aromatic carbocycles. The zero-order chi connectivity index (χ0) is 42.0. The van der Waals surface area contributed by atoms with Crippen LogP contribution in [0.2, 0.25) is 18.1 Å². The minimum atomic E-state index is -2.21. The summed E-state index contributed by atoms with van der Waals surface area (Å²) in [6, 6.07) is 21.3. The average Bonchev–Trinajstić information content (AvgIpc) is 4.02. The lowest BCUT2D eigenvalue weighted by Gasteiger charge is -2.42. The zero-order valence-electron chi connectivity index (χ0n) is 34.7. The Morgan fingerprint density at radius 2 is 1.75 bits per heavy atom. The maximum absolute atomic E-state index is 13.4. The summed E-state index contributed by atoms with van der Waals surface area (Å²) >= 11 is 3.08. The number of phenolic OH excluding ortho intramolecular Hbond substituents is 1. The predicted octanol–water partition coefficient (Wildman–Crippen LogP) is 8.84. The zero-order valence-corrected chi connectivity index (χ0v) is 37.4. The number of hydrogen-bond donors (Lipinski definition) is 4. The topological polar surface area (TPSA) is 155 Å². The Morgan fingerprint density at radius 1 is 1.03 bits per heavy atom. The highest BCUT2D eigenvalue weighted by atomic mass is 32.1. The number of H-pyrrole nitrogens is 1. The van der Waals surface area contributed by atoms with Gasteiger partial charge in [-0.1, -0.05) is 50.3 Å². The normalized spacial score (nSPS) is 17.2. The maximum atomic E-state index is 13.4. The fraction of sp³-hybridized carbons (Fsp3) is 0.455. The molecule has 4 aromatic heterocycles. The second kappa shape index (κ2) is 17.8. The van der Waals surface area contributed by atoms with Crippen molar-refractivity contribution in [2.45, 2.75) is 102 Å². The highest BCUT2D eigenvalue weighted by Gasteiger charge is 2.53. The van der Waals surface area contributed by atoms with Crippen molar-refractivity contribution in [1.29, 1.82) is 0 Å². The third-order valence-corrected chi connectivity index (χ3v) is 19.3. The summed E-state index contributed by atoms with van der Waals surface area (Å²) in [5.41, 5.74) is 2.99. The number of benzene rings is 2. The molecule has 7 rings (SSSR count). The number of thiophene rings is 2. The summed E-state index contributed by atoms with van der Waals surface area (Å²) in [6.07, 6.45) is 4.22. The van der Waals surface area contributed by atoms with Crippen molar-refractivity contribution in [2.24, 2.45) is 5.92 Å². The maximum Gasteiger partial charge on any atom is 0.358 e. The second-order valence-electron chi connectivity index (χ2n) is 17.4. The van der Waals surface area contributed by atoms with E-state index in [1.165, 1.54) is 28.7 Å². The van der Waals surface area contributed by atoms with Crippen LogP contribution in [0.4, 0.5) is 0 Å². The Balaban J connectivity index is 0.955. The van der Waals surface area contributed by atoms with Crippen molar-refractivity contribution in [1.82, 2.24) is 30.2 Å². The molecule has 12 nitrogen and oxygen atoms in total. The molecule has 4 heterocycles.